The van der Waals surface area contributed by atoms with Gasteiger partial charge in [0.15, 0.2) is 0 Å². The van der Waals surface area contributed by atoms with Gasteiger partial charge in [-0.1, -0.05) is 23.8 Å². The van der Waals surface area contributed by atoms with Crippen LogP contribution in [-0.2, 0) is 14.3 Å². The van der Waals surface area contributed by atoms with Crippen molar-refractivity contribution in [2.75, 3.05) is 12.8 Å². The molecule has 2 N–H and O–H groups in total. The Hall–Kier alpha value is -2.22. The van der Waals surface area contributed by atoms with Gasteiger partial charge in [0.2, 0.25) is 11.8 Å². The van der Waals surface area contributed by atoms with E-state index >= 15 is 0 Å². The number of thiol groups is 1. The Morgan fingerprint density at radius 1 is 1.13 bits per heavy atom. The average molecular weight is 438 g/mol. The third-order valence-electron chi connectivity index (χ3n) is 4.31. The summed E-state index contributed by atoms with van der Waals surface area (Å²) in [5, 5.41) is 5.44. The SMILES string of the molecule is Cc1ccc(C(C(=O)NC(C)C)N(C)C(=O)C(CS)NC(=O)OC(C)(C)C)c(C)c1. The normalized spacial score (nSPS) is 13.4. The van der Waals surface area contributed by atoms with Crippen LogP contribution in [0.15, 0.2) is 18.2 Å². The first-order valence-electron chi connectivity index (χ1n) is 10.0. The first kappa shape index (κ1) is 25.8. The van der Waals surface area contributed by atoms with Crippen LogP contribution in [0.1, 0.15) is 57.4 Å². The van der Waals surface area contributed by atoms with Gasteiger partial charge in [0, 0.05) is 18.8 Å². The van der Waals surface area contributed by atoms with E-state index in [-0.39, 0.29) is 17.7 Å². The molecule has 0 spiro atoms. The minimum absolute atomic E-state index is 0.0633. The van der Waals surface area contributed by atoms with E-state index < -0.39 is 29.7 Å². The molecule has 0 aliphatic rings. The van der Waals surface area contributed by atoms with Gasteiger partial charge in [0.05, 0.1) is 0 Å². The maximum Gasteiger partial charge on any atom is 0.408 e. The molecule has 3 amide bonds. The summed E-state index contributed by atoms with van der Waals surface area (Å²) in [6.07, 6.45) is -0.710. The summed E-state index contributed by atoms with van der Waals surface area (Å²) in [5.41, 5.74) is 2.00. The predicted octanol–water partition coefficient (Wildman–Crippen LogP) is 3.15. The van der Waals surface area contributed by atoms with Crippen molar-refractivity contribution in [1.29, 1.82) is 0 Å². The number of carbonyl (C=O) groups is 3. The number of alkyl carbamates (subject to hydrolysis) is 1. The minimum atomic E-state index is -0.937. The summed E-state index contributed by atoms with van der Waals surface area (Å²) < 4.78 is 5.24. The number of rotatable bonds is 7. The molecule has 2 unspecified atom stereocenters. The highest BCUT2D eigenvalue weighted by Gasteiger charge is 2.34. The van der Waals surface area contributed by atoms with Crippen molar-refractivity contribution in [3.63, 3.8) is 0 Å². The monoisotopic (exact) mass is 437 g/mol. The quantitative estimate of drug-likeness (QED) is 0.572. The standard InChI is InChI=1S/C22H35N3O4S/c1-13(2)23-19(26)18(16-10-9-14(3)11-15(16)4)25(8)20(27)17(12-30)24-21(28)29-22(5,6)7/h9-11,13,17-18,30H,12H2,1-8H3,(H,23,26)(H,24,28). The Bertz CT molecular complexity index is 774. The maximum atomic E-state index is 13.2. The summed E-state index contributed by atoms with van der Waals surface area (Å²) in [6.45, 7) is 12.8. The number of aryl methyl sites for hydroxylation is 2. The number of likely N-dealkylation sites (N-methyl/N-ethyl adjacent to an activating group) is 1. The summed E-state index contributed by atoms with van der Waals surface area (Å²) >= 11 is 4.21. The molecule has 0 heterocycles. The average Bonchev–Trinajstić information content (AvgIpc) is 2.58. The van der Waals surface area contributed by atoms with Gasteiger partial charge in [-0.3, -0.25) is 9.59 Å². The molecule has 0 radical (unpaired) electrons. The lowest BCUT2D eigenvalue weighted by molar-refractivity contribution is -0.140. The largest absolute Gasteiger partial charge is 0.444 e. The van der Waals surface area contributed by atoms with Crippen LogP contribution in [0.25, 0.3) is 0 Å². The molecule has 1 aromatic carbocycles. The van der Waals surface area contributed by atoms with Gasteiger partial charge in [-0.15, -0.1) is 0 Å². The zero-order valence-electron chi connectivity index (χ0n) is 19.2. The van der Waals surface area contributed by atoms with Gasteiger partial charge in [-0.2, -0.15) is 12.6 Å². The summed E-state index contributed by atoms with van der Waals surface area (Å²) in [4.78, 5) is 39.7. The molecule has 0 saturated heterocycles. The second-order valence-corrected chi connectivity index (χ2v) is 9.12. The van der Waals surface area contributed by atoms with Crippen molar-refractivity contribution in [3.05, 3.63) is 34.9 Å². The Morgan fingerprint density at radius 3 is 2.20 bits per heavy atom. The third kappa shape index (κ3) is 7.55. The van der Waals surface area contributed by atoms with Crippen LogP contribution in [0, 0.1) is 13.8 Å². The number of amides is 3. The van der Waals surface area contributed by atoms with Gasteiger partial charge in [0.25, 0.3) is 0 Å². The fraction of sp³-hybridized carbons (Fsp3) is 0.591. The molecule has 0 aliphatic heterocycles. The van der Waals surface area contributed by atoms with E-state index in [1.165, 1.54) is 4.90 Å². The molecule has 8 heteroatoms. The second-order valence-electron chi connectivity index (χ2n) is 8.76. The molecular weight excluding hydrogens is 402 g/mol. The first-order valence-corrected chi connectivity index (χ1v) is 10.6. The molecule has 1 aromatic rings. The molecule has 0 saturated carbocycles. The molecule has 0 fully saturated rings. The fourth-order valence-electron chi connectivity index (χ4n) is 3.03. The minimum Gasteiger partial charge on any atom is -0.444 e. The molecule has 1 rings (SSSR count). The van der Waals surface area contributed by atoms with E-state index in [4.69, 9.17) is 4.74 Å². The fourth-order valence-corrected chi connectivity index (χ4v) is 3.28. The van der Waals surface area contributed by atoms with E-state index in [0.29, 0.717) is 0 Å². The summed E-state index contributed by atoms with van der Waals surface area (Å²) in [7, 11) is 1.55. The van der Waals surface area contributed by atoms with E-state index in [0.717, 1.165) is 16.7 Å². The number of nitrogens with one attached hydrogen (secondary N) is 2. The van der Waals surface area contributed by atoms with Crippen LogP contribution < -0.4 is 10.6 Å². The number of nitrogens with zero attached hydrogens (tertiary/aromatic N) is 1. The van der Waals surface area contributed by atoms with Gasteiger partial charge in [0.1, 0.15) is 17.7 Å². The Labute approximate surface area is 185 Å². The van der Waals surface area contributed by atoms with Gasteiger partial charge >= 0.3 is 6.09 Å². The first-order chi connectivity index (χ1) is 13.8. The Kier molecular flexibility index (Phi) is 9.21. The maximum absolute atomic E-state index is 13.2. The summed E-state index contributed by atoms with van der Waals surface area (Å²) in [6, 6.07) is 3.87. The van der Waals surface area contributed by atoms with E-state index in [2.05, 4.69) is 23.3 Å². The zero-order chi connectivity index (χ0) is 23.2. The zero-order valence-corrected chi connectivity index (χ0v) is 20.1. The second kappa shape index (κ2) is 10.7. The Balaban J connectivity index is 3.20. The highest BCUT2D eigenvalue weighted by Crippen LogP contribution is 2.25. The molecule has 2 atom stereocenters. The van der Waals surface area contributed by atoms with Gasteiger partial charge in [-0.25, -0.2) is 4.79 Å². The smallest absolute Gasteiger partial charge is 0.408 e. The van der Waals surface area contributed by atoms with E-state index in [9.17, 15) is 14.4 Å². The van der Waals surface area contributed by atoms with Crippen molar-refractivity contribution >= 4 is 30.5 Å². The van der Waals surface area contributed by atoms with Crippen LogP contribution in [0.4, 0.5) is 4.79 Å². The molecule has 0 aromatic heterocycles. The summed E-state index contributed by atoms with van der Waals surface area (Å²) in [5.74, 6) is -0.656. The van der Waals surface area contributed by atoms with Crippen molar-refractivity contribution in [1.82, 2.24) is 15.5 Å². The number of ether oxygens (including phenoxy) is 1. The van der Waals surface area contributed by atoms with Crippen molar-refractivity contribution in [2.45, 2.75) is 72.2 Å². The molecule has 30 heavy (non-hydrogen) atoms. The molecule has 7 nitrogen and oxygen atoms in total. The van der Waals surface area contributed by atoms with Gasteiger partial charge < -0.3 is 20.3 Å². The number of benzene rings is 1. The number of hydrogen-bond acceptors (Lipinski definition) is 5. The lowest BCUT2D eigenvalue weighted by Crippen LogP contribution is -2.53. The van der Waals surface area contributed by atoms with E-state index in [1.807, 2.05) is 45.9 Å². The van der Waals surface area contributed by atoms with Gasteiger partial charge in [-0.05, 0) is 59.6 Å². The highest BCUT2D eigenvalue weighted by molar-refractivity contribution is 7.80. The molecule has 0 aliphatic carbocycles. The Morgan fingerprint density at radius 2 is 1.73 bits per heavy atom. The lowest BCUT2D eigenvalue weighted by Gasteiger charge is -2.32. The lowest BCUT2D eigenvalue weighted by atomic mass is 9.97. The van der Waals surface area contributed by atoms with Crippen molar-refractivity contribution in [3.8, 4) is 0 Å². The number of carbonyl (C=O) groups excluding carboxylic acids is 3. The van der Waals surface area contributed by atoms with Crippen LogP contribution in [0.5, 0.6) is 0 Å². The molecular formula is C22H35N3O4S. The highest BCUT2D eigenvalue weighted by atomic mass is 32.1. The van der Waals surface area contributed by atoms with Crippen molar-refractivity contribution in [2.24, 2.45) is 0 Å². The van der Waals surface area contributed by atoms with Crippen LogP contribution in [-0.4, -0.2) is 53.3 Å². The van der Waals surface area contributed by atoms with Crippen LogP contribution in [0.2, 0.25) is 0 Å². The predicted molar refractivity (Wildman–Crippen MR) is 122 cm³/mol. The van der Waals surface area contributed by atoms with Crippen molar-refractivity contribution < 1.29 is 19.1 Å². The third-order valence-corrected chi connectivity index (χ3v) is 4.67. The number of hydrogen-bond donors (Lipinski definition) is 3. The topological polar surface area (TPSA) is 87.7 Å². The molecule has 0 bridgehead atoms. The van der Waals surface area contributed by atoms with Crippen LogP contribution in [0.3, 0.4) is 0 Å². The van der Waals surface area contributed by atoms with E-state index in [1.54, 1.807) is 27.8 Å². The van der Waals surface area contributed by atoms with Crippen LogP contribution >= 0.6 is 12.6 Å². The molecule has 168 valence electrons.